The van der Waals surface area contributed by atoms with Crippen molar-refractivity contribution in [2.45, 2.75) is 12.8 Å². The molecule has 1 heterocycles. The molecule has 0 bridgehead atoms. The Hall–Kier alpha value is -3.80. The van der Waals surface area contributed by atoms with Crippen molar-refractivity contribution in [1.29, 1.82) is 0 Å². The van der Waals surface area contributed by atoms with Crippen LogP contribution < -0.4 is 5.56 Å². The molecule has 6 heteroatoms. The second kappa shape index (κ2) is 6.74. The third-order valence-corrected chi connectivity index (χ3v) is 4.82. The highest BCUT2D eigenvalue weighted by Gasteiger charge is 2.23. The molecule has 3 N–H and O–H groups in total. The molecule has 1 aromatic heterocycles. The Balaban J connectivity index is 2.11. The maximum absolute atomic E-state index is 13.3. The van der Waals surface area contributed by atoms with Crippen molar-refractivity contribution < 1.29 is 15.3 Å². The molecule has 0 fully saturated rings. The van der Waals surface area contributed by atoms with Crippen LogP contribution in [0.3, 0.4) is 0 Å². The largest absolute Gasteiger partial charge is 0.504 e. The Morgan fingerprint density at radius 1 is 0.893 bits per heavy atom. The van der Waals surface area contributed by atoms with E-state index in [1.165, 1.54) is 10.6 Å². The van der Waals surface area contributed by atoms with Crippen molar-refractivity contribution in [3.8, 4) is 22.9 Å². The lowest BCUT2D eigenvalue weighted by atomic mass is 9.99. The Morgan fingerprint density at radius 3 is 2.14 bits per heavy atom. The maximum atomic E-state index is 13.3. The first kappa shape index (κ1) is 17.6. The van der Waals surface area contributed by atoms with Gasteiger partial charge in [0, 0.05) is 12.0 Å². The number of rotatable bonds is 3. The lowest BCUT2D eigenvalue weighted by Gasteiger charge is -2.19. The maximum Gasteiger partial charge on any atom is 0.269 e. The van der Waals surface area contributed by atoms with E-state index in [2.05, 4.69) is 4.98 Å². The molecule has 28 heavy (non-hydrogen) atoms. The van der Waals surface area contributed by atoms with Crippen molar-refractivity contribution in [3.05, 3.63) is 88.5 Å². The smallest absolute Gasteiger partial charge is 0.269 e. The lowest BCUT2D eigenvalue weighted by molar-refractivity contribution is 0.371. The van der Waals surface area contributed by atoms with Gasteiger partial charge < -0.3 is 15.3 Å². The summed E-state index contributed by atoms with van der Waals surface area (Å²) in [6, 6.07) is 19.8. The molecule has 0 amide bonds. The minimum Gasteiger partial charge on any atom is -0.504 e. The van der Waals surface area contributed by atoms with E-state index >= 15 is 0 Å². The van der Waals surface area contributed by atoms with Gasteiger partial charge >= 0.3 is 0 Å². The number of para-hydroxylation sites is 1. The third kappa shape index (κ3) is 2.75. The number of phenols is 3. The highest BCUT2D eigenvalue weighted by molar-refractivity contribution is 5.89. The monoisotopic (exact) mass is 374 g/mol. The van der Waals surface area contributed by atoms with Crippen molar-refractivity contribution >= 4 is 10.9 Å². The number of hydrogen-bond acceptors (Lipinski definition) is 5. The number of fused-ring (bicyclic) bond motifs is 1. The van der Waals surface area contributed by atoms with E-state index in [-0.39, 0.29) is 16.8 Å². The molecule has 6 nitrogen and oxygen atoms in total. The molecule has 0 aliphatic rings. The van der Waals surface area contributed by atoms with E-state index < -0.39 is 22.8 Å². The summed E-state index contributed by atoms with van der Waals surface area (Å²) in [5, 5.41) is 29.9. The predicted octanol–water partition coefficient (Wildman–Crippen LogP) is 3.65. The first-order chi connectivity index (χ1) is 13.5. The van der Waals surface area contributed by atoms with Crippen LogP contribution in [0.2, 0.25) is 0 Å². The summed E-state index contributed by atoms with van der Waals surface area (Å²) in [5.74, 6) is -1.74. The van der Waals surface area contributed by atoms with E-state index in [9.17, 15) is 20.1 Å². The predicted molar refractivity (Wildman–Crippen MR) is 106 cm³/mol. The van der Waals surface area contributed by atoms with Gasteiger partial charge in [0.25, 0.3) is 5.56 Å². The fourth-order valence-corrected chi connectivity index (χ4v) is 3.33. The highest BCUT2D eigenvalue weighted by atomic mass is 16.3. The van der Waals surface area contributed by atoms with Gasteiger partial charge in [-0.1, -0.05) is 55.5 Å². The minimum absolute atomic E-state index is 0.114. The van der Waals surface area contributed by atoms with E-state index in [4.69, 9.17) is 0 Å². The average Bonchev–Trinajstić information content (AvgIpc) is 2.72. The molecule has 0 aliphatic heterocycles. The third-order valence-electron chi connectivity index (χ3n) is 4.82. The van der Waals surface area contributed by atoms with Crippen molar-refractivity contribution in [1.82, 2.24) is 9.55 Å². The molecule has 4 aromatic rings. The van der Waals surface area contributed by atoms with Crippen molar-refractivity contribution in [3.63, 3.8) is 0 Å². The molecule has 1 atom stereocenters. The zero-order valence-corrected chi connectivity index (χ0v) is 15.1. The molecule has 1 unspecified atom stereocenters. The topological polar surface area (TPSA) is 95.6 Å². The molecule has 0 spiro atoms. The summed E-state index contributed by atoms with van der Waals surface area (Å²) in [6.07, 6.45) is 0. The molecular weight excluding hydrogens is 356 g/mol. The fourth-order valence-electron chi connectivity index (χ4n) is 3.33. The van der Waals surface area contributed by atoms with Gasteiger partial charge in [0.1, 0.15) is 11.2 Å². The first-order valence-corrected chi connectivity index (χ1v) is 8.80. The molecule has 0 saturated heterocycles. The van der Waals surface area contributed by atoms with Crippen molar-refractivity contribution in [2.24, 2.45) is 0 Å². The molecule has 0 aliphatic carbocycles. The summed E-state index contributed by atoms with van der Waals surface area (Å²) in [4.78, 5) is 17.9. The van der Waals surface area contributed by atoms with E-state index in [1.54, 1.807) is 24.3 Å². The van der Waals surface area contributed by atoms with Crippen LogP contribution in [0.4, 0.5) is 0 Å². The van der Waals surface area contributed by atoms with Gasteiger partial charge in [-0.3, -0.25) is 9.36 Å². The normalized spacial score (nSPS) is 12.2. The second-order valence-electron chi connectivity index (χ2n) is 6.57. The quantitative estimate of drug-likeness (QED) is 0.476. The number of benzene rings is 3. The van der Waals surface area contributed by atoms with Gasteiger partial charge in [-0.25, -0.2) is 4.98 Å². The first-order valence-electron chi connectivity index (χ1n) is 8.80. The summed E-state index contributed by atoms with van der Waals surface area (Å²) in [6.45, 7) is 1.93. The number of phenolic OH excluding ortho intramolecular Hbond substituents is 3. The second-order valence-corrected chi connectivity index (χ2v) is 6.57. The summed E-state index contributed by atoms with van der Waals surface area (Å²) in [5.41, 5.74) is 1.14. The molecule has 140 valence electrons. The fraction of sp³-hybridized carbons (Fsp3) is 0.0909. The Bertz CT molecular complexity index is 1220. The van der Waals surface area contributed by atoms with Crippen LogP contribution in [0.5, 0.6) is 17.2 Å². The number of nitrogens with zero attached hydrogens (tertiary/aromatic N) is 2. The van der Waals surface area contributed by atoms with Crippen LogP contribution in [0.1, 0.15) is 24.2 Å². The van der Waals surface area contributed by atoms with Crippen LogP contribution in [0.25, 0.3) is 16.6 Å². The Kier molecular flexibility index (Phi) is 4.24. The zero-order chi connectivity index (χ0) is 19.8. The van der Waals surface area contributed by atoms with Crippen molar-refractivity contribution in [2.75, 3.05) is 0 Å². The van der Waals surface area contributed by atoms with Crippen LogP contribution in [-0.2, 0) is 0 Å². The van der Waals surface area contributed by atoms with Gasteiger partial charge in [-0.15, -0.1) is 0 Å². The Labute approximate surface area is 160 Å². The van der Waals surface area contributed by atoms with Gasteiger partial charge in [-0.05, 0) is 17.7 Å². The van der Waals surface area contributed by atoms with Gasteiger partial charge in [-0.2, -0.15) is 0 Å². The standard InChI is InChI=1S/C22H18N2O4/c1-13(14-8-4-2-5-9-14)21-23-16-12-17(25)19(26)20(27)18(16)22(28)24(21)15-10-6-3-7-11-15/h2-13,25-27H,1H3. The summed E-state index contributed by atoms with van der Waals surface area (Å²) in [7, 11) is 0. The van der Waals surface area contributed by atoms with E-state index in [0.29, 0.717) is 11.5 Å². The van der Waals surface area contributed by atoms with Gasteiger partial charge in [0.2, 0.25) is 5.75 Å². The van der Waals surface area contributed by atoms with Gasteiger partial charge in [0.05, 0.1) is 11.2 Å². The number of hydrogen-bond donors (Lipinski definition) is 3. The molecule has 4 rings (SSSR count). The Morgan fingerprint density at radius 2 is 1.50 bits per heavy atom. The summed E-state index contributed by atoms with van der Waals surface area (Å²) < 4.78 is 1.43. The van der Waals surface area contributed by atoms with Crippen LogP contribution in [0, 0.1) is 0 Å². The summed E-state index contributed by atoms with van der Waals surface area (Å²) >= 11 is 0. The molecule has 0 saturated carbocycles. The van der Waals surface area contributed by atoms with E-state index in [0.717, 1.165) is 5.56 Å². The molecular formula is C22H18N2O4. The number of aromatic hydroxyl groups is 3. The SMILES string of the molecule is CC(c1ccccc1)c1nc2cc(O)c(O)c(O)c2c(=O)n1-c1ccccc1. The van der Waals surface area contributed by atoms with Crippen LogP contribution >= 0.6 is 0 Å². The minimum atomic E-state index is -0.741. The van der Waals surface area contributed by atoms with Gasteiger partial charge in [0.15, 0.2) is 11.5 Å². The molecule has 0 radical (unpaired) electrons. The lowest BCUT2D eigenvalue weighted by Crippen LogP contribution is -2.25. The zero-order valence-electron chi connectivity index (χ0n) is 15.1. The highest BCUT2D eigenvalue weighted by Crippen LogP contribution is 2.39. The molecule has 3 aromatic carbocycles. The van der Waals surface area contributed by atoms with Crippen LogP contribution in [-0.4, -0.2) is 24.9 Å². The average molecular weight is 374 g/mol. The van der Waals surface area contributed by atoms with Crippen LogP contribution in [0.15, 0.2) is 71.5 Å². The van der Waals surface area contributed by atoms with E-state index in [1.807, 2.05) is 43.3 Å². The number of aromatic nitrogens is 2.